The molecule has 4 unspecified atom stereocenters. The smallest absolute Gasteiger partial charge is 0.326 e. The van der Waals surface area contributed by atoms with E-state index in [2.05, 4.69) is 20.9 Å². The van der Waals surface area contributed by atoms with Crippen LogP contribution in [0.25, 0.3) is 10.9 Å². The topological polar surface area (TPSA) is 187 Å². The van der Waals surface area contributed by atoms with Gasteiger partial charge in [-0.2, -0.15) is 11.8 Å². The second-order valence-corrected chi connectivity index (χ2v) is 10.5. The first kappa shape index (κ1) is 30.5. The number of carboxylic acids is 1. The van der Waals surface area contributed by atoms with Crippen LogP contribution in [0.3, 0.4) is 0 Å². The number of hydrogen-bond donors (Lipinski definition) is 7. The zero-order valence-electron chi connectivity index (χ0n) is 22.3. The number of carbonyl (C=O) groups excluding carboxylic acids is 3. The van der Waals surface area contributed by atoms with E-state index in [1.807, 2.05) is 30.5 Å². The van der Waals surface area contributed by atoms with Crippen LogP contribution < -0.4 is 21.7 Å². The minimum Gasteiger partial charge on any atom is -0.508 e. The molecule has 0 saturated heterocycles. The Morgan fingerprint density at radius 1 is 0.925 bits per heavy atom. The highest BCUT2D eigenvalue weighted by Gasteiger charge is 2.29. The van der Waals surface area contributed by atoms with Gasteiger partial charge in [0.1, 0.15) is 23.9 Å². The van der Waals surface area contributed by atoms with Crippen molar-refractivity contribution in [2.75, 3.05) is 12.0 Å². The van der Waals surface area contributed by atoms with Crippen LogP contribution in [0.15, 0.2) is 54.7 Å². The SMILES string of the molecule is CSCCC(NC(=O)C(C)NC(=O)C(Cc1ccc(O)cc1)NC(=O)C(N)Cc1c[nH]c2ccccc12)C(=O)O. The van der Waals surface area contributed by atoms with Gasteiger partial charge in [-0.15, -0.1) is 0 Å². The van der Waals surface area contributed by atoms with Crippen LogP contribution in [0.2, 0.25) is 0 Å². The lowest BCUT2D eigenvalue weighted by molar-refractivity contribution is -0.142. The number of aromatic hydroxyl groups is 1. The zero-order chi connectivity index (χ0) is 29.2. The largest absolute Gasteiger partial charge is 0.508 e. The average molecular weight is 570 g/mol. The number of carboxylic acid groups (broad SMARTS) is 1. The highest BCUT2D eigenvalue weighted by atomic mass is 32.2. The highest BCUT2D eigenvalue weighted by molar-refractivity contribution is 7.98. The summed E-state index contributed by atoms with van der Waals surface area (Å²) in [5.41, 5.74) is 8.65. The Morgan fingerprint density at radius 3 is 2.27 bits per heavy atom. The number of para-hydroxylation sites is 1. The van der Waals surface area contributed by atoms with Crippen LogP contribution in [-0.2, 0) is 32.0 Å². The van der Waals surface area contributed by atoms with Crippen molar-refractivity contribution in [3.63, 3.8) is 0 Å². The lowest BCUT2D eigenvalue weighted by Crippen LogP contribution is -2.57. The van der Waals surface area contributed by atoms with Gasteiger partial charge in [0.25, 0.3) is 0 Å². The Morgan fingerprint density at radius 2 is 1.60 bits per heavy atom. The van der Waals surface area contributed by atoms with Crippen molar-refractivity contribution in [3.05, 3.63) is 65.9 Å². The second-order valence-electron chi connectivity index (χ2n) is 9.51. The van der Waals surface area contributed by atoms with Gasteiger partial charge >= 0.3 is 5.97 Å². The molecule has 4 atom stereocenters. The Bertz CT molecular complexity index is 1330. The second kappa shape index (κ2) is 14.4. The van der Waals surface area contributed by atoms with E-state index in [1.165, 1.54) is 30.8 Å². The molecule has 0 aliphatic carbocycles. The van der Waals surface area contributed by atoms with Gasteiger partial charge in [0.2, 0.25) is 17.7 Å². The van der Waals surface area contributed by atoms with Crippen molar-refractivity contribution in [2.45, 2.75) is 50.4 Å². The van der Waals surface area contributed by atoms with Crippen LogP contribution in [0.1, 0.15) is 24.5 Å². The molecule has 0 bridgehead atoms. The third kappa shape index (κ3) is 8.48. The van der Waals surface area contributed by atoms with Crippen molar-refractivity contribution in [1.82, 2.24) is 20.9 Å². The normalized spacial score (nSPS) is 14.1. The van der Waals surface area contributed by atoms with Crippen molar-refractivity contribution in [2.24, 2.45) is 5.73 Å². The van der Waals surface area contributed by atoms with Crippen LogP contribution in [0.5, 0.6) is 5.75 Å². The summed E-state index contributed by atoms with van der Waals surface area (Å²) in [6.45, 7) is 1.43. The summed E-state index contributed by atoms with van der Waals surface area (Å²) >= 11 is 1.46. The fourth-order valence-corrected chi connectivity index (χ4v) is 4.63. The minimum absolute atomic E-state index is 0.0503. The molecule has 0 radical (unpaired) electrons. The van der Waals surface area contributed by atoms with E-state index in [4.69, 9.17) is 5.73 Å². The van der Waals surface area contributed by atoms with Crippen molar-refractivity contribution >= 4 is 46.4 Å². The number of H-pyrrole nitrogens is 1. The molecule has 1 aromatic heterocycles. The van der Waals surface area contributed by atoms with E-state index in [1.54, 1.807) is 18.3 Å². The molecule has 2 aromatic carbocycles. The van der Waals surface area contributed by atoms with Crippen molar-refractivity contribution in [1.29, 1.82) is 0 Å². The summed E-state index contributed by atoms with van der Waals surface area (Å²) < 4.78 is 0. The number of aliphatic carboxylic acids is 1. The first-order valence-corrected chi connectivity index (χ1v) is 14.2. The van der Waals surface area contributed by atoms with Crippen LogP contribution >= 0.6 is 11.8 Å². The van der Waals surface area contributed by atoms with Gasteiger partial charge in [-0.05, 0) is 61.1 Å². The Kier molecular flexibility index (Phi) is 11.0. The number of amides is 3. The Labute approximate surface area is 236 Å². The average Bonchev–Trinajstić information content (AvgIpc) is 3.33. The van der Waals surface area contributed by atoms with Gasteiger partial charge in [-0.3, -0.25) is 14.4 Å². The van der Waals surface area contributed by atoms with Gasteiger partial charge in [0.05, 0.1) is 6.04 Å². The third-order valence-corrected chi connectivity index (χ3v) is 7.08. The molecule has 1 heterocycles. The fourth-order valence-electron chi connectivity index (χ4n) is 4.16. The van der Waals surface area contributed by atoms with E-state index in [-0.39, 0.29) is 25.0 Å². The van der Waals surface area contributed by atoms with Gasteiger partial charge in [-0.1, -0.05) is 30.3 Å². The zero-order valence-corrected chi connectivity index (χ0v) is 23.2. The molecule has 214 valence electrons. The maximum Gasteiger partial charge on any atom is 0.326 e. The number of rotatable bonds is 14. The predicted octanol–water partition coefficient (Wildman–Crippen LogP) is 1.30. The minimum atomic E-state index is -1.16. The number of benzene rings is 2. The van der Waals surface area contributed by atoms with Crippen molar-refractivity contribution in [3.8, 4) is 5.75 Å². The first-order valence-electron chi connectivity index (χ1n) is 12.8. The van der Waals surface area contributed by atoms with Gasteiger partial charge < -0.3 is 36.9 Å². The molecule has 3 amide bonds. The quantitative estimate of drug-likeness (QED) is 0.151. The van der Waals surface area contributed by atoms with E-state index in [9.17, 15) is 29.4 Å². The summed E-state index contributed by atoms with van der Waals surface area (Å²) in [6, 6.07) is 9.60. The van der Waals surface area contributed by atoms with Crippen LogP contribution in [0, 0.1) is 0 Å². The molecular formula is C28H35N5O6S. The van der Waals surface area contributed by atoms with Crippen molar-refractivity contribution < 1.29 is 29.4 Å². The Balaban J connectivity index is 1.70. The molecule has 0 aliphatic heterocycles. The van der Waals surface area contributed by atoms with Gasteiger partial charge in [-0.25, -0.2) is 4.79 Å². The number of aromatic nitrogens is 1. The fraction of sp³-hybridized carbons (Fsp3) is 0.357. The summed E-state index contributed by atoms with van der Waals surface area (Å²) in [7, 11) is 0. The van der Waals surface area contributed by atoms with E-state index in [0.717, 1.165) is 16.5 Å². The summed E-state index contributed by atoms with van der Waals surface area (Å²) in [5.74, 6) is -2.43. The number of nitrogens with one attached hydrogen (secondary N) is 4. The maximum absolute atomic E-state index is 13.3. The lowest BCUT2D eigenvalue weighted by atomic mass is 10.0. The molecule has 12 heteroatoms. The Hall–Kier alpha value is -4.03. The van der Waals surface area contributed by atoms with E-state index < -0.39 is 47.9 Å². The monoisotopic (exact) mass is 569 g/mol. The van der Waals surface area contributed by atoms with Gasteiger partial charge in [0.15, 0.2) is 0 Å². The number of nitrogens with two attached hydrogens (primary N) is 1. The lowest BCUT2D eigenvalue weighted by Gasteiger charge is -2.24. The number of thioether (sulfide) groups is 1. The molecule has 40 heavy (non-hydrogen) atoms. The molecule has 3 aromatic rings. The standard InChI is InChI=1S/C28H35N5O6S/c1-16(25(35)32-23(28(38)39)11-12-40-2)31-27(37)24(13-17-7-9-19(34)10-8-17)33-26(36)21(29)14-18-15-30-22-6-4-3-5-20(18)22/h3-10,15-16,21,23-24,30,34H,11-14,29H2,1-2H3,(H,31,37)(H,32,35)(H,33,36)(H,38,39). The third-order valence-electron chi connectivity index (χ3n) is 6.44. The van der Waals surface area contributed by atoms with E-state index in [0.29, 0.717) is 11.3 Å². The first-order chi connectivity index (χ1) is 19.1. The number of hydrogen-bond acceptors (Lipinski definition) is 7. The van der Waals surface area contributed by atoms with Crippen LogP contribution in [-0.4, -0.2) is 75.1 Å². The summed E-state index contributed by atoms with van der Waals surface area (Å²) in [4.78, 5) is 53.6. The van der Waals surface area contributed by atoms with E-state index >= 15 is 0 Å². The molecule has 0 aliphatic rings. The number of fused-ring (bicyclic) bond motifs is 1. The summed E-state index contributed by atoms with van der Waals surface area (Å²) in [6.07, 6.45) is 4.16. The summed E-state index contributed by atoms with van der Waals surface area (Å²) in [5, 5.41) is 27.7. The van der Waals surface area contributed by atoms with Gasteiger partial charge in [0, 0.05) is 23.5 Å². The number of carbonyl (C=O) groups is 4. The highest BCUT2D eigenvalue weighted by Crippen LogP contribution is 2.19. The maximum atomic E-state index is 13.3. The number of phenolic OH excluding ortho intramolecular Hbond substituents is 1. The predicted molar refractivity (Wildman–Crippen MR) is 154 cm³/mol. The number of aromatic amines is 1. The molecule has 0 fully saturated rings. The molecule has 0 saturated carbocycles. The molecular weight excluding hydrogens is 534 g/mol. The molecule has 8 N–H and O–H groups in total. The number of phenols is 1. The molecule has 0 spiro atoms. The van der Waals surface area contributed by atoms with Crippen LogP contribution in [0.4, 0.5) is 0 Å². The molecule has 3 rings (SSSR count). The molecule has 11 nitrogen and oxygen atoms in total.